The van der Waals surface area contributed by atoms with Gasteiger partial charge < -0.3 is 19.8 Å². The van der Waals surface area contributed by atoms with Gasteiger partial charge in [0.15, 0.2) is 5.76 Å². The number of benzene rings is 1. The predicted molar refractivity (Wildman–Crippen MR) is 89.4 cm³/mol. The summed E-state index contributed by atoms with van der Waals surface area (Å²) in [5.41, 5.74) is 0.658. The molecule has 2 aromatic rings. The number of anilines is 1. The van der Waals surface area contributed by atoms with E-state index in [2.05, 4.69) is 10.6 Å². The Morgan fingerprint density at radius 1 is 1.25 bits per heavy atom. The van der Waals surface area contributed by atoms with E-state index >= 15 is 0 Å². The van der Waals surface area contributed by atoms with Crippen LogP contribution in [0.4, 0.5) is 5.69 Å². The number of halogens is 1. The van der Waals surface area contributed by atoms with Gasteiger partial charge in [-0.05, 0) is 43.2 Å². The molecule has 1 aromatic heterocycles. The first-order chi connectivity index (χ1) is 11.6. The molecule has 1 atom stereocenters. The van der Waals surface area contributed by atoms with Gasteiger partial charge in [-0.25, -0.2) is 0 Å². The van der Waals surface area contributed by atoms with Gasteiger partial charge in [-0.1, -0.05) is 11.6 Å². The van der Waals surface area contributed by atoms with Crippen molar-refractivity contribution in [2.75, 3.05) is 18.5 Å². The molecule has 0 radical (unpaired) electrons. The van der Waals surface area contributed by atoms with E-state index in [9.17, 15) is 9.59 Å². The molecule has 6 nitrogen and oxygen atoms in total. The van der Waals surface area contributed by atoms with Crippen LogP contribution in [-0.4, -0.2) is 31.1 Å². The summed E-state index contributed by atoms with van der Waals surface area (Å²) in [7, 11) is 0. The minimum absolute atomic E-state index is 0.0364. The van der Waals surface area contributed by atoms with Gasteiger partial charge in [0.05, 0.1) is 23.6 Å². The Morgan fingerprint density at radius 2 is 2.12 bits per heavy atom. The Labute approximate surface area is 144 Å². The maximum absolute atomic E-state index is 12.4. The Kier molecular flexibility index (Phi) is 5.17. The lowest BCUT2D eigenvalue weighted by atomic mass is 10.1. The third-order valence-electron chi connectivity index (χ3n) is 3.73. The highest BCUT2D eigenvalue weighted by Gasteiger charge is 2.19. The molecule has 2 heterocycles. The zero-order valence-electron chi connectivity index (χ0n) is 12.9. The summed E-state index contributed by atoms with van der Waals surface area (Å²) >= 11 is 5.99. The van der Waals surface area contributed by atoms with Gasteiger partial charge in [0.2, 0.25) is 0 Å². The van der Waals surface area contributed by atoms with Crippen molar-refractivity contribution in [3.8, 4) is 0 Å². The first-order valence-electron chi connectivity index (χ1n) is 7.67. The Bertz CT molecular complexity index is 724. The van der Waals surface area contributed by atoms with E-state index in [1.54, 1.807) is 24.3 Å². The molecular formula is C17H17ClN2O4. The molecule has 24 heavy (non-hydrogen) atoms. The molecule has 0 saturated carbocycles. The first-order valence-corrected chi connectivity index (χ1v) is 8.05. The summed E-state index contributed by atoms with van der Waals surface area (Å²) in [6.07, 6.45) is 3.38. The van der Waals surface area contributed by atoms with Gasteiger partial charge in [0.25, 0.3) is 11.8 Å². The SMILES string of the molecule is O=C(Nc1ccc(Cl)cc1C(=O)NC[C@H]1CCCO1)c1ccco1. The van der Waals surface area contributed by atoms with Crippen LogP contribution in [0.25, 0.3) is 0 Å². The molecule has 0 aliphatic carbocycles. The van der Waals surface area contributed by atoms with Crippen LogP contribution >= 0.6 is 11.6 Å². The lowest BCUT2D eigenvalue weighted by Gasteiger charge is -2.14. The molecule has 1 fully saturated rings. The van der Waals surface area contributed by atoms with E-state index < -0.39 is 5.91 Å². The lowest BCUT2D eigenvalue weighted by Crippen LogP contribution is -2.32. The smallest absolute Gasteiger partial charge is 0.291 e. The van der Waals surface area contributed by atoms with Crippen LogP contribution in [0.15, 0.2) is 41.0 Å². The molecule has 0 bridgehead atoms. The second-order valence-corrected chi connectivity index (χ2v) is 5.90. The fraction of sp³-hybridized carbons (Fsp3) is 0.294. The van der Waals surface area contributed by atoms with Gasteiger partial charge in [-0.2, -0.15) is 0 Å². The average molecular weight is 349 g/mol. The van der Waals surface area contributed by atoms with Gasteiger partial charge in [0, 0.05) is 18.2 Å². The highest BCUT2D eigenvalue weighted by Crippen LogP contribution is 2.22. The van der Waals surface area contributed by atoms with Gasteiger partial charge in [-0.15, -0.1) is 0 Å². The van der Waals surface area contributed by atoms with E-state index in [1.165, 1.54) is 12.3 Å². The van der Waals surface area contributed by atoms with E-state index in [0.717, 1.165) is 19.4 Å². The van der Waals surface area contributed by atoms with Crippen molar-refractivity contribution in [3.63, 3.8) is 0 Å². The monoisotopic (exact) mass is 348 g/mol. The molecular weight excluding hydrogens is 332 g/mol. The zero-order valence-corrected chi connectivity index (χ0v) is 13.6. The van der Waals surface area contributed by atoms with Crippen LogP contribution in [0.5, 0.6) is 0 Å². The summed E-state index contributed by atoms with van der Waals surface area (Å²) in [4.78, 5) is 24.6. The minimum Gasteiger partial charge on any atom is -0.459 e. The van der Waals surface area contributed by atoms with Crippen molar-refractivity contribution in [1.29, 1.82) is 0 Å². The van der Waals surface area contributed by atoms with Crippen LogP contribution in [-0.2, 0) is 4.74 Å². The Morgan fingerprint density at radius 3 is 2.83 bits per heavy atom. The van der Waals surface area contributed by atoms with Crippen molar-refractivity contribution >= 4 is 29.1 Å². The van der Waals surface area contributed by atoms with Crippen LogP contribution in [0.3, 0.4) is 0 Å². The summed E-state index contributed by atoms with van der Waals surface area (Å²) in [6.45, 7) is 1.15. The van der Waals surface area contributed by atoms with Gasteiger partial charge in [0.1, 0.15) is 0 Å². The fourth-order valence-corrected chi connectivity index (χ4v) is 2.68. The molecule has 2 amide bonds. The highest BCUT2D eigenvalue weighted by atomic mass is 35.5. The predicted octanol–water partition coefficient (Wildman–Crippen LogP) is 3.09. The Hall–Kier alpha value is -2.31. The van der Waals surface area contributed by atoms with E-state index in [0.29, 0.717) is 22.8 Å². The number of furan rings is 1. The second-order valence-electron chi connectivity index (χ2n) is 5.47. The van der Waals surface area contributed by atoms with E-state index in [1.807, 2.05) is 0 Å². The van der Waals surface area contributed by atoms with E-state index in [-0.39, 0.29) is 17.8 Å². The molecule has 7 heteroatoms. The van der Waals surface area contributed by atoms with Crippen LogP contribution in [0, 0.1) is 0 Å². The number of amides is 2. The number of ether oxygens (including phenoxy) is 1. The Balaban J connectivity index is 1.72. The van der Waals surface area contributed by atoms with E-state index in [4.69, 9.17) is 20.8 Å². The van der Waals surface area contributed by atoms with Crippen LogP contribution < -0.4 is 10.6 Å². The van der Waals surface area contributed by atoms with Crippen molar-refractivity contribution < 1.29 is 18.7 Å². The lowest BCUT2D eigenvalue weighted by molar-refractivity contribution is 0.0858. The van der Waals surface area contributed by atoms with Crippen molar-refractivity contribution in [2.45, 2.75) is 18.9 Å². The summed E-state index contributed by atoms with van der Waals surface area (Å²) < 4.78 is 10.5. The number of hydrogen-bond donors (Lipinski definition) is 2. The number of hydrogen-bond acceptors (Lipinski definition) is 4. The summed E-state index contributed by atoms with van der Waals surface area (Å²) in [6, 6.07) is 7.87. The third kappa shape index (κ3) is 3.96. The topological polar surface area (TPSA) is 80.6 Å². The molecule has 0 unspecified atom stereocenters. The molecule has 1 aliphatic rings. The molecule has 3 rings (SSSR count). The molecule has 1 aliphatic heterocycles. The first kappa shape index (κ1) is 16.5. The third-order valence-corrected chi connectivity index (χ3v) is 3.97. The normalized spacial score (nSPS) is 16.8. The summed E-state index contributed by atoms with van der Waals surface area (Å²) in [5.74, 6) is -0.589. The second kappa shape index (κ2) is 7.51. The molecule has 1 aromatic carbocycles. The highest BCUT2D eigenvalue weighted by molar-refractivity contribution is 6.31. The maximum atomic E-state index is 12.4. The van der Waals surface area contributed by atoms with Crippen molar-refractivity contribution in [1.82, 2.24) is 5.32 Å². The van der Waals surface area contributed by atoms with Crippen LogP contribution in [0.2, 0.25) is 5.02 Å². The molecule has 126 valence electrons. The van der Waals surface area contributed by atoms with Gasteiger partial charge >= 0.3 is 0 Å². The number of rotatable bonds is 5. The van der Waals surface area contributed by atoms with Gasteiger partial charge in [-0.3, -0.25) is 9.59 Å². The average Bonchev–Trinajstić information content (AvgIpc) is 3.27. The van der Waals surface area contributed by atoms with Crippen molar-refractivity contribution in [2.24, 2.45) is 0 Å². The zero-order chi connectivity index (χ0) is 16.9. The fourth-order valence-electron chi connectivity index (χ4n) is 2.51. The number of carbonyl (C=O) groups is 2. The maximum Gasteiger partial charge on any atom is 0.291 e. The standard InChI is InChI=1S/C17H17ClN2O4/c18-11-5-6-14(20-17(22)15-4-2-8-24-15)13(9-11)16(21)19-10-12-3-1-7-23-12/h2,4-6,8-9,12H,1,3,7,10H2,(H,19,21)(H,20,22)/t12-/m1/s1. The number of nitrogens with one attached hydrogen (secondary N) is 2. The largest absolute Gasteiger partial charge is 0.459 e. The molecule has 0 spiro atoms. The quantitative estimate of drug-likeness (QED) is 0.870. The molecule has 2 N–H and O–H groups in total. The minimum atomic E-state index is -0.435. The molecule has 1 saturated heterocycles. The number of carbonyl (C=O) groups excluding carboxylic acids is 2. The van der Waals surface area contributed by atoms with Crippen molar-refractivity contribution in [3.05, 3.63) is 52.9 Å². The van der Waals surface area contributed by atoms with Crippen LogP contribution in [0.1, 0.15) is 33.8 Å². The summed E-state index contributed by atoms with van der Waals surface area (Å²) in [5, 5.41) is 5.90.